The molecule has 0 saturated heterocycles. The standard InChI is InChI=1S/C20H15BrCl2N4O2/c21-11-3-1-2-10(6-11)17(28)9-25-14-4-5-24-20(29)18(14)19-26-15-7-12(22)13(23)8-16(15)27-19/h1-8,17,28H,9H2,(H,26,27)(H2,24,25,29). The molecule has 2 heterocycles. The van der Waals surface area contributed by atoms with Gasteiger partial charge in [0.05, 0.1) is 32.9 Å². The number of aromatic nitrogens is 3. The summed E-state index contributed by atoms with van der Waals surface area (Å²) < 4.78 is 0.880. The third-order valence-electron chi connectivity index (χ3n) is 4.44. The van der Waals surface area contributed by atoms with E-state index in [1.807, 2.05) is 24.3 Å². The van der Waals surface area contributed by atoms with Gasteiger partial charge in [-0.05, 0) is 35.9 Å². The molecule has 0 aliphatic heterocycles. The summed E-state index contributed by atoms with van der Waals surface area (Å²) in [6.07, 6.45) is 0.781. The molecule has 0 spiro atoms. The van der Waals surface area contributed by atoms with Gasteiger partial charge >= 0.3 is 0 Å². The first-order chi connectivity index (χ1) is 13.9. The Morgan fingerprint density at radius 2 is 1.97 bits per heavy atom. The molecule has 29 heavy (non-hydrogen) atoms. The van der Waals surface area contributed by atoms with Crippen LogP contribution >= 0.6 is 39.1 Å². The van der Waals surface area contributed by atoms with Gasteiger partial charge in [0.1, 0.15) is 11.4 Å². The molecule has 9 heteroatoms. The van der Waals surface area contributed by atoms with Crippen LogP contribution in [-0.4, -0.2) is 26.6 Å². The van der Waals surface area contributed by atoms with E-state index < -0.39 is 6.10 Å². The average Bonchev–Trinajstić information content (AvgIpc) is 3.08. The van der Waals surface area contributed by atoms with Crippen molar-refractivity contribution < 1.29 is 5.11 Å². The van der Waals surface area contributed by atoms with Gasteiger partial charge in [0.15, 0.2) is 0 Å². The molecule has 0 radical (unpaired) electrons. The topological polar surface area (TPSA) is 93.8 Å². The summed E-state index contributed by atoms with van der Waals surface area (Å²) in [5.74, 6) is 0.375. The molecule has 1 unspecified atom stereocenters. The van der Waals surface area contributed by atoms with Crippen molar-refractivity contribution in [1.29, 1.82) is 0 Å². The lowest BCUT2D eigenvalue weighted by Crippen LogP contribution is -2.17. The quantitative estimate of drug-likeness (QED) is 0.310. The summed E-state index contributed by atoms with van der Waals surface area (Å²) in [7, 11) is 0. The molecule has 0 aliphatic carbocycles. The minimum atomic E-state index is -0.757. The van der Waals surface area contributed by atoms with E-state index in [1.165, 1.54) is 6.20 Å². The van der Waals surface area contributed by atoms with Crippen LogP contribution in [0.15, 0.2) is 57.9 Å². The molecule has 0 saturated carbocycles. The highest BCUT2D eigenvalue weighted by molar-refractivity contribution is 9.10. The van der Waals surface area contributed by atoms with Crippen molar-refractivity contribution in [2.45, 2.75) is 6.10 Å². The number of fused-ring (bicyclic) bond motifs is 1. The average molecular weight is 494 g/mol. The van der Waals surface area contributed by atoms with Crippen molar-refractivity contribution in [1.82, 2.24) is 15.0 Å². The van der Waals surface area contributed by atoms with Gasteiger partial charge < -0.3 is 20.4 Å². The molecule has 148 valence electrons. The minimum Gasteiger partial charge on any atom is -0.387 e. The second-order valence-corrected chi connectivity index (χ2v) is 8.15. The SMILES string of the molecule is O=c1[nH]ccc(NCC(O)c2cccc(Br)c2)c1-c1nc2cc(Cl)c(Cl)cc2[nH]1. The second-order valence-electron chi connectivity index (χ2n) is 6.42. The zero-order chi connectivity index (χ0) is 20.5. The summed E-state index contributed by atoms with van der Waals surface area (Å²) in [6.45, 7) is 0.213. The number of aliphatic hydroxyl groups is 1. The Balaban J connectivity index is 1.66. The molecule has 2 aromatic heterocycles. The fourth-order valence-electron chi connectivity index (χ4n) is 3.02. The molecular weight excluding hydrogens is 479 g/mol. The number of benzene rings is 2. The largest absolute Gasteiger partial charge is 0.387 e. The van der Waals surface area contributed by atoms with E-state index in [4.69, 9.17) is 23.2 Å². The Bertz CT molecular complexity index is 1220. The number of hydrogen-bond acceptors (Lipinski definition) is 4. The molecule has 0 aliphatic rings. The molecule has 0 bridgehead atoms. The summed E-state index contributed by atoms with van der Waals surface area (Å²) in [4.78, 5) is 22.8. The van der Waals surface area contributed by atoms with Crippen LogP contribution in [0.1, 0.15) is 11.7 Å². The maximum absolute atomic E-state index is 12.5. The lowest BCUT2D eigenvalue weighted by atomic mass is 10.1. The number of anilines is 1. The predicted octanol–water partition coefficient (Wildman–Crippen LogP) is 5.13. The summed E-state index contributed by atoms with van der Waals surface area (Å²) >= 11 is 15.5. The molecule has 4 N–H and O–H groups in total. The van der Waals surface area contributed by atoms with Gasteiger partial charge in [-0.25, -0.2) is 4.98 Å². The van der Waals surface area contributed by atoms with Crippen LogP contribution < -0.4 is 10.9 Å². The number of halogens is 3. The lowest BCUT2D eigenvalue weighted by Gasteiger charge is -2.15. The normalized spacial score (nSPS) is 12.3. The number of aromatic amines is 2. The van der Waals surface area contributed by atoms with Crippen LogP contribution in [0.2, 0.25) is 10.0 Å². The predicted molar refractivity (Wildman–Crippen MR) is 120 cm³/mol. The first-order valence-electron chi connectivity index (χ1n) is 8.66. The highest BCUT2D eigenvalue weighted by Gasteiger charge is 2.16. The number of imidazole rings is 1. The Morgan fingerprint density at radius 1 is 1.17 bits per heavy atom. The molecule has 6 nitrogen and oxygen atoms in total. The molecule has 0 fully saturated rings. The smallest absolute Gasteiger partial charge is 0.261 e. The van der Waals surface area contributed by atoms with Gasteiger partial charge in [-0.3, -0.25) is 4.79 Å². The molecule has 4 rings (SSSR count). The highest BCUT2D eigenvalue weighted by atomic mass is 79.9. The van der Waals surface area contributed by atoms with E-state index in [1.54, 1.807) is 18.2 Å². The lowest BCUT2D eigenvalue weighted by molar-refractivity contribution is 0.191. The van der Waals surface area contributed by atoms with Crippen molar-refractivity contribution in [2.75, 3.05) is 11.9 Å². The van der Waals surface area contributed by atoms with Gasteiger partial charge in [-0.1, -0.05) is 51.3 Å². The summed E-state index contributed by atoms with van der Waals surface area (Å²) in [6, 6.07) is 12.4. The van der Waals surface area contributed by atoms with E-state index in [0.29, 0.717) is 38.2 Å². The maximum Gasteiger partial charge on any atom is 0.261 e. The maximum atomic E-state index is 12.5. The Kier molecular flexibility index (Phi) is 5.65. The molecule has 1 atom stereocenters. The van der Waals surface area contributed by atoms with E-state index in [2.05, 4.69) is 36.2 Å². The summed E-state index contributed by atoms with van der Waals surface area (Å²) in [5, 5.41) is 14.4. The minimum absolute atomic E-state index is 0.213. The van der Waals surface area contributed by atoms with Crippen LogP contribution in [0.4, 0.5) is 5.69 Å². The fraction of sp³-hybridized carbons (Fsp3) is 0.100. The number of hydrogen-bond donors (Lipinski definition) is 4. The number of rotatable bonds is 5. The number of H-pyrrole nitrogens is 2. The highest BCUT2D eigenvalue weighted by Crippen LogP contribution is 2.30. The third-order valence-corrected chi connectivity index (χ3v) is 5.66. The Labute approximate surface area is 184 Å². The fourth-order valence-corrected chi connectivity index (χ4v) is 3.76. The van der Waals surface area contributed by atoms with Crippen molar-refractivity contribution in [3.8, 4) is 11.4 Å². The monoisotopic (exact) mass is 492 g/mol. The van der Waals surface area contributed by atoms with Gasteiger partial charge in [0, 0.05) is 17.2 Å². The van der Waals surface area contributed by atoms with Crippen LogP contribution in [0.3, 0.4) is 0 Å². The second kappa shape index (κ2) is 8.20. The zero-order valence-corrected chi connectivity index (χ0v) is 17.9. The van der Waals surface area contributed by atoms with Gasteiger partial charge in [-0.2, -0.15) is 0 Å². The first kappa shape index (κ1) is 20.0. The van der Waals surface area contributed by atoms with Gasteiger partial charge in [0.2, 0.25) is 0 Å². The van der Waals surface area contributed by atoms with Crippen LogP contribution in [0.25, 0.3) is 22.4 Å². The Hall–Kier alpha value is -2.32. The van der Waals surface area contributed by atoms with E-state index >= 15 is 0 Å². The molecule has 0 amide bonds. The number of aliphatic hydroxyl groups excluding tert-OH is 1. The van der Waals surface area contributed by atoms with Gasteiger partial charge in [0.25, 0.3) is 5.56 Å². The zero-order valence-electron chi connectivity index (χ0n) is 14.8. The van der Waals surface area contributed by atoms with Gasteiger partial charge in [-0.15, -0.1) is 0 Å². The van der Waals surface area contributed by atoms with Crippen LogP contribution in [-0.2, 0) is 0 Å². The molecular formula is C20H15BrCl2N4O2. The Morgan fingerprint density at radius 3 is 2.76 bits per heavy atom. The van der Waals surface area contributed by atoms with E-state index in [9.17, 15) is 9.90 Å². The number of pyridine rings is 1. The van der Waals surface area contributed by atoms with Crippen molar-refractivity contribution in [3.05, 3.63) is 79.1 Å². The van der Waals surface area contributed by atoms with E-state index in [0.717, 1.165) is 10.0 Å². The van der Waals surface area contributed by atoms with Crippen LogP contribution in [0, 0.1) is 0 Å². The summed E-state index contributed by atoms with van der Waals surface area (Å²) in [5.41, 5.74) is 2.57. The molecule has 4 aromatic rings. The van der Waals surface area contributed by atoms with Crippen LogP contribution in [0.5, 0.6) is 0 Å². The third kappa shape index (κ3) is 4.18. The van der Waals surface area contributed by atoms with Crippen molar-refractivity contribution in [3.63, 3.8) is 0 Å². The number of nitrogens with zero attached hydrogens (tertiary/aromatic N) is 1. The van der Waals surface area contributed by atoms with Crippen molar-refractivity contribution >= 4 is 55.9 Å². The van der Waals surface area contributed by atoms with Crippen molar-refractivity contribution in [2.24, 2.45) is 0 Å². The first-order valence-corrected chi connectivity index (χ1v) is 10.2. The van der Waals surface area contributed by atoms with E-state index in [-0.39, 0.29) is 12.1 Å². The molecule has 2 aromatic carbocycles. The number of nitrogens with one attached hydrogen (secondary N) is 3.